The van der Waals surface area contributed by atoms with Gasteiger partial charge in [-0.3, -0.25) is 0 Å². The van der Waals surface area contributed by atoms with Crippen LogP contribution in [-0.4, -0.2) is 5.11 Å². The molecule has 1 aromatic carbocycles. The first-order valence-corrected chi connectivity index (χ1v) is 5.10. The average Bonchev–Trinajstić information content (AvgIpc) is 2.66. The zero-order chi connectivity index (χ0) is 10.3. The molecule has 74 valence electrons. The molecule has 0 radical (unpaired) electrons. The fourth-order valence-corrected chi connectivity index (χ4v) is 2.13. The molecule has 2 heteroatoms. The van der Waals surface area contributed by atoms with E-state index in [-0.39, 0.29) is 6.61 Å². The molecule has 3 rings (SSSR count). The molecule has 0 aliphatic carbocycles. The second-order valence-electron chi connectivity index (χ2n) is 3.86. The molecule has 0 saturated carbocycles. The predicted molar refractivity (Wildman–Crippen MR) is 57.1 cm³/mol. The fourth-order valence-electron chi connectivity index (χ4n) is 2.13. The van der Waals surface area contributed by atoms with Crippen molar-refractivity contribution in [3.63, 3.8) is 0 Å². The topological polar surface area (TPSA) is 24.1 Å². The number of aromatic nitrogens is 1. The quantitative estimate of drug-likeness (QED) is 0.589. The van der Waals surface area contributed by atoms with Crippen molar-refractivity contribution in [3.8, 4) is 11.3 Å². The van der Waals surface area contributed by atoms with Crippen LogP contribution in [0.4, 0.5) is 0 Å². The molecule has 1 aliphatic rings. The number of nitrogens with zero attached hydrogens (tertiary/aromatic N) is 1. The Balaban J connectivity index is 2.22. The van der Waals surface area contributed by atoms with Crippen LogP contribution < -0.4 is 4.57 Å². The van der Waals surface area contributed by atoms with Gasteiger partial charge in [0.15, 0.2) is 12.7 Å². The van der Waals surface area contributed by atoms with Gasteiger partial charge in [-0.25, -0.2) is 0 Å². The van der Waals surface area contributed by atoms with Crippen LogP contribution in [0.1, 0.15) is 11.1 Å². The summed E-state index contributed by atoms with van der Waals surface area (Å²) in [6.07, 6.45) is 2.04. The van der Waals surface area contributed by atoms with Crippen molar-refractivity contribution in [2.24, 2.45) is 0 Å². The maximum atomic E-state index is 9.11. The third kappa shape index (κ3) is 1.26. The number of rotatable bonds is 1. The van der Waals surface area contributed by atoms with E-state index < -0.39 is 0 Å². The molecule has 1 N–H and O–H groups in total. The third-order valence-corrected chi connectivity index (χ3v) is 2.92. The molecule has 15 heavy (non-hydrogen) atoms. The number of benzene rings is 1. The highest BCUT2D eigenvalue weighted by molar-refractivity contribution is 5.63. The molecule has 0 fully saturated rings. The highest BCUT2D eigenvalue weighted by Gasteiger charge is 2.24. The van der Waals surface area contributed by atoms with E-state index in [4.69, 9.17) is 5.11 Å². The minimum atomic E-state index is 0.107. The van der Waals surface area contributed by atoms with Gasteiger partial charge < -0.3 is 5.11 Å². The summed E-state index contributed by atoms with van der Waals surface area (Å²) in [4.78, 5) is 0. The first-order valence-electron chi connectivity index (χ1n) is 5.10. The molecule has 1 aliphatic heterocycles. The maximum Gasteiger partial charge on any atom is 0.213 e. The van der Waals surface area contributed by atoms with Crippen LogP contribution in [0.25, 0.3) is 11.3 Å². The number of aliphatic hydroxyl groups is 1. The Morgan fingerprint density at radius 1 is 1.20 bits per heavy atom. The van der Waals surface area contributed by atoms with E-state index in [0.29, 0.717) is 0 Å². The van der Waals surface area contributed by atoms with E-state index in [1.165, 1.54) is 16.8 Å². The molecular weight excluding hydrogens is 186 g/mol. The Kier molecular flexibility index (Phi) is 1.82. The summed E-state index contributed by atoms with van der Waals surface area (Å²) < 4.78 is 2.21. The molecule has 0 unspecified atom stereocenters. The SMILES string of the molecule is OCc1cc[n+]2c(c1)-c1ccccc1C2. The molecule has 0 bridgehead atoms. The van der Waals surface area contributed by atoms with Gasteiger partial charge in [-0.2, -0.15) is 4.57 Å². The van der Waals surface area contributed by atoms with E-state index in [9.17, 15) is 0 Å². The Hall–Kier alpha value is -1.67. The number of pyridine rings is 1. The molecule has 2 heterocycles. The Bertz CT molecular complexity index is 520. The molecule has 0 amide bonds. The Labute approximate surface area is 88.4 Å². The molecule has 0 spiro atoms. The van der Waals surface area contributed by atoms with E-state index in [1.54, 1.807) is 0 Å². The lowest BCUT2D eigenvalue weighted by molar-refractivity contribution is -0.672. The average molecular weight is 198 g/mol. The molecular formula is C13H12NO+. The summed E-state index contributed by atoms with van der Waals surface area (Å²) in [5, 5.41) is 9.11. The van der Waals surface area contributed by atoms with Gasteiger partial charge in [-0.1, -0.05) is 18.2 Å². The monoisotopic (exact) mass is 198 g/mol. The number of hydrogen-bond donors (Lipinski definition) is 1. The van der Waals surface area contributed by atoms with Crippen molar-refractivity contribution in [3.05, 3.63) is 53.7 Å². The number of fused-ring (bicyclic) bond motifs is 3. The first kappa shape index (κ1) is 8.62. The van der Waals surface area contributed by atoms with Crippen LogP contribution in [-0.2, 0) is 13.2 Å². The van der Waals surface area contributed by atoms with Crippen LogP contribution in [0, 0.1) is 0 Å². The maximum absolute atomic E-state index is 9.11. The molecule has 0 saturated heterocycles. The van der Waals surface area contributed by atoms with Gasteiger partial charge in [0.25, 0.3) is 0 Å². The lowest BCUT2D eigenvalue weighted by Gasteiger charge is -1.96. The molecule has 2 nitrogen and oxygen atoms in total. The van der Waals surface area contributed by atoms with Crippen molar-refractivity contribution >= 4 is 0 Å². The number of hydrogen-bond acceptors (Lipinski definition) is 1. The van der Waals surface area contributed by atoms with Crippen LogP contribution in [0.3, 0.4) is 0 Å². The van der Waals surface area contributed by atoms with Gasteiger partial charge in [0.05, 0.1) is 12.2 Å². The van der Waals surface area contributed by atoms with Gasteiger partial charge in [0, 0.05) is 17.7 Å². The second-order valence-corrected chi connectivity index (χ2v) is 3.86. The zero-order valence-electron chi connectivity index (χ0n) is 8.35. The minimum Gasteiger partial charge on any atom is -0.392 e. The van der Waals surface area contributed by atoms with Crippen LogP contribution >= 0.6 is 0 Å². The summed E-state index contributed by atoms with van der Waals surface area (Å²) in [6.45, 7) is 1.05. The first-order chi connectivity index (χ1) is 7.38. The molecule has 0 atom stereocenters. The highest BCUT2D eigenvalue weighted by Crippen LogP contribution is 2.26. The van der Waals surface area contributed by atoms with Crippen LogP contribution in [0.5, 0.6) is 0 Å². The Morgan fingerprint density at radius 3 is 2.93 bits per heavy atom. The third-order valence-electron chi connectivity index (χ3n) is 2.92. The van der Waals surface area contributed by atoms with Crippen molar-refractivity contribution in [1.82, 2.24) is 0 Å². The smallest absolute Gasteiger partial charge is 0.213 e. The predicted octanol–water partition coefficient (Wildman–Crippen LogP) is 1.50. The summed E-state index contributed by atoms with van der Waals surface area (Å²) in [7, 11) is 0. The van der Waals surface area contributed by atoms with Gasteiger partial charge in [0.2, 0.25) is 5.69 Å². The summed E-state index contributed by atoms with van der Waals surface area (Å²) in [5.74, 6) is 0. The van der Waals surface area contributed by atoms with E-state index in [2.05, 4.69) is 34.9 Å². The number of aliphatic hydroxyl groups excluding tert-OH is 1. The standard InChI is InChI=1S/C13H12NO/c15-9-10-5-6-14-8-11-3-1-2-4-12(11)13(14)7-10/h1-7,15H,8-9H2/q+1. The zero-order valence-corrected chi connectivity index (χ0v) is 8.35. The van der Waals surface area contributed by atoms with Gasteiger partial charge in [0.1, 0.15) is 0 Å². The fraction of sp³-hybridized carbons (Fsp3) is 0.154. The minimum absolute atomic E-state index is 0.107. The normalized spacial score (nSPS) is 12.3. The van der Waals surface area contributed by atoms with Crippen molar-refractivity contribution < 1.29 is 9.67 Å². The second kappa shape index (κ2) is 3.17. The van der Waals surface area contributed by atoms with Crippen LogP contribution in [0.2, 0.25) is 0 Å². The lowest BCUT2D eigenvalue weighted by atomic mass is 10.1. The summed E-state index contributed by atoms with van der Waals surface area (Å²) >= 11 is 0. The summed E-state index contributed by atoms with van der Waals surface area (Å²) in [5.41, 5.74) is 4.82. The summed E-state index contributed by atoms with van der Waals surface area (Å²) in [6, 6.07) is 12.4. The van der Waals surface area contributed by atoms with Gasteiger partial charge in [-0.15, -0.1) is 0 Å². The van der Waals surface area contributed by atoms with Crippen LogP contribution in [0.15, 0.2) is 42.6 Å². The van der Waals surface area contributed by atoms with Crippen molar-refractivity contribution in [2.45, 2.75) is 13.2 Å². The van der Waals surface area contributed by atoms with Gasteiger partial charge >= 0.3 is 0 Å². The van der Waals surface area contributed by atoms with Crippen molar-refractivity contribution in [1.29, 1.82) is 0 Å². The van der Waals surface area contributed by atoms with E-state index in [0.717, 1.165) is 12.1 Å². The highest BCUT2D eigenvalue weighted by atomic mass is 16.3. The van der Waals surface area contributed by atoms with E-state index in [1.807, 2.05) is 12.3 Å². The molecule has 2 aromatic rings. The lowest BCUT2D eigenvalue weighted by Crippen LogP contribution is -2.31. The van der Waals surface area contributed by atoms with E-state index >= 15 is 0 Å². The van der Waals surface area contributed by atoms with Gasteiger partial charge in [-0.05, 0) is 11.6 Å². The Morgan fingerprint density at radius 2 is 2.07 bits per heavy atom. The van der Waals surface area contributed by atoms with Crippen molar-refractivity contribution in [2.75, 3.05) is 0 Å². The largest absolute Gasteiger partial charge is 0.392 e. The molecule has 1 aromatic heterocycles.